The lowest BCUT2D eigenvalue weighted by molar-refractivity contribution is -0.120. The number of fused-ring (bicyclic) bond motifs is 1. The van der Waals surface area contributed by atoms with Crippen LogP contribution in [0.4, 0.5) is 0 Å². The third-order valence-electron chi connectivity index (χ3n) is 4.35. The van der Waals surface area contributed by atoms with Gasteiger partial charge < -0.3 is 4.74 Å². The molecule has 6 nitrogen and oxygen atoms in total. The molecule has 0 fully saturated rings. The maximum absolute atomic E-state index is 10.5. The zero-order valence-corrected chi connectivity index (χ0v) is 14.5. The van der Waals surface area contributed by atoms with Crippen LogP contribution in [0.3, 0.4) is 0 Å². The average molecular weight is 354 g/mol. The Morgan fingerprint density at radius 3 is 2.56 bits per heavy atom. The summed E-state index contributed by atoms with van der Waals surface area (Å²) in [6, 6.07) is 15.0. The number of nitrogens with zero attached hydrogens (tertiary/aromatic N) is 4. The molecule has 0 aliphatic carbocycles. The molecular weight excluding hydrogens is 340 g/mol. The van der Waals surface area contributed by atoms with Crippen molar-refractivity contribution in [1.29, 1.82) is 5.26 Å². The van der Waals surface area contributed by atoms with Crippen molar-refractivity contribution in [2.75, 3.05) is 0 Å². The van der Waals surface area contributed by atoms with Gasteiger partial charge >= 0.3 is 0 Å². The molecule has 0 saturated heterocycles. The second kappa shape index (κ2) is 6.73. The van der Waals surface area contributed by atoms with E-state index in [1.54, 1.807) is 30.6 Å². The number of carbonyl (C=O) groups excluding carboxylic acids is 1. The van der Waals surface area contributed by atoms with Crippen LogP contribution < -0.4 is 4.74 Å². The fourth-order valence-electron chi connectivity index (χ4n) is 2.96. The molecule has 0 radical (unpaired) electrons. The highest BCUT2D eigenvalue weighted by atomic mass is 16.5. The number of hydrogen-bond acceptors (Lipinski definition) is 5. The predicted molar refractivity (Wildman–Crippen MR) is 100 cm³/mol. The van der Waals surface area contributed by atoms with Gasteiger partial charge in [0.15, 0.2) is 5.65 Å². The predicted octanol–water partition coefficient (Wildman–Crippen LogP) is 3.78. The zero-order chi connectivity index (χ0) is 18.8. The third-order valence-corrected chi connectivity index (χ3v) is 4.35. The summed E-state index contributed by atoms with van der Waals surface area (Å²) >= 11 is 0. The lowest BCUT2D eigenvalue weighted by atomic mass is 10.1. The van der Waals surface area contributed by atoms with Gasteiger partial charge in [-0.05, 0) is 42.8 Å². The molecule has 0 atom stereocenters. The Hall–Kier alpha value is -3.98. The third kappa shape index (κ3) is 3.02. The van der Waals surface area contributed by atoms with Gasteiger partial charge in [-0.1, -0.05) is 12.1 Å². The first-order valence-electron chi connectivity index (χ1n) is 8.24. The molecule has 6 heteroatoms. The molecule has 2 aromatic carbocycles. The number of nitriles is 1. The van der Waals surface area contributed by atoms with Crippen molar-refractivity contribution in [3.63, 3.8) is 0 Å². The minimum atomic E-state index is 0.418. The maximum atomic E-state index is 10.5. The summed E-state index contributed by atoms with van der Waals surface area (Å²) in [7, 11) is 0. The van der Waals surface area contributed by atoms with Gasteiger partial charge in [-0.25, -0.2) is 4.98 Å². The minimum absolute atomic E-state index is 0.418. The summed E-state index contributed by atoms with van der Waals surface area (Å²) in [6.07, 6.45) is 5.42. The van der Waals surface area contributed by atoms with E-state index in [9.17, 15) is 4.79 Å². The summed E-state index contributed by atoms with van der Waals surface area (Å²) in [5, 5.41) is 8.96. The van der Waals surface area contributed by atoms with E-state index in [0.717, 1.165) is 33.7 Å². The Labute approximate surface area is 155 Å². The SMILES string of the molecule is Cc1cc(-c2cn3c(-c4ccc(C#N)cc4)cnc3cn2)ccc1OC=O. The smallest absolute Gasteiger partial charge is 0.298 e. The summed E-state index contributed by atoms with van der Waals surface area (Å²) in [6.45, 7) is 2.29. The Kier molecular flexibility index (Phi) is 4.11. The van der Waals surface area contributed by atoms with E-state index in [1.807, 2.05) is 41.8 Å². The molecule has 4 rings (SSSR count). The molecule has 0 aliphatic heterocycles. The second-order valence-electron chi connectivity index (χ2n) is 6.03. The Morgan fingerprint density at radius 1 is 1.07 bits per heavy atom. The van der Waals surface area contributed by atoms with E-state index in [4.69, 9.17) is 10.00 Å². The first kappa shape index (κ1) is 16.5. The van der Waals surface area contributed by atoms with Crippen molar-refractivity contribution >= 4 is 12.1 Å². The number of rotatable bonds is 4. The summed E-state index contributed by atoms with van der Waals surface area (Å²) in [5.74, 6) is 0.524. The van der Waals surface area contributed by atoms with Gasteiger partial charge in [-0.2, -0.15) is 5.26 Å². The van der Waals surface area contributed by atoms with Crippen molar-refractivity contribution in [1.82, 2.24) is 14.4 Å². The average Bonchev–Trinajstić information content (AvgIpc) is 3.13. The standard InChI is InChI=1S/C21H14N4O2/c1-14-8-17(6-7-20(14)27-13-26)18-12-25-19(10-24-21(25)11-23-18)16-4-2-15(9-22)3-5-16/h2-8,10-13H,1H3. The molecule has 2 heterocycles. The Bertz CT molecular complexity index is 1190. The highest BCUT2D eigenvalue weighted by molar-refractivity contribution is 5.68. The van der Waals surface area contributed by atoms with E-state index >= 15 is 0 Å². The van der Waals surface area contributed by atoms with Gasteiger partial charge in [0.2, 0.25) is 0 Å². The molecule has 0 unspecified atom stereocenters. The second-order valence-corrected chi connectivity index (χ2v) is 6.03. The van der Waals surface area contributed by atoms with Crippen molar-refractivity contribution < 1.29 is 9.53 Å². The van der Waals surface area contributed by atoms with E-state index in [0.29, 0.717) is 17.8 Å². The summed E-state index contributed by atoms with van der Waals surface area (Å²) in [5.41, 5.74) is 5.75. The number of hydrogen-bond donors (Lipinski definition) is 0. The Balaban J connectivity index is 1.79. The highest BCUT2D eigenvalue weighted by Crippen LogP contribution is 2.27. The molecule has 0 saturated carbocycles. The topological polar surface area (TPSA) is 80.3 Å². The number of benzene rings is 2. The highest BCUT2D eigenvalue weighted by Gasteiger charge is 2.10. The van der Waals surface area contributed by atoms with E-state index in [2.05, 4.69) is 16.0 Å². The van der Waals surface area contributed by atoms with Gasteiger partial charge in [-0.3, -0.25) is 14.2 Å². The molecule has 2 aromatic heterocycles. The first-order valence-corrected chi connectivity index (χ1v) is 8.24. The molecule has 27 heavy (non-hydrogen) atoms. The molecule has 0 amide bonds. The van der Waals surface area contributed by atoms with Gasteiger partial charge in [0, 0.05) is 17.3 Å². The van der Waals surface area contributed by atoms with Crippen LogP contribution in [0.1, 0.15) is 11.1 Å². The first-order chi connectivity index (χ1) is 13.2. The van der Waals surface area contributed by atoms with Gasteiger partial charge in [0.05, 0.1) is 35.4 Å². The minimum Gasteiger partial charge on any atom is -0.428 e. The van der Waals surface area contributed by atoms with Crippen LogP contribution in [-0.2, 0) is 4.79 Å². The van der Waals surface area contributed by atoms with Gasteiger partial charge in [0.25, 0.3) is 6.47 Å². The molecule has 0 N–H and O–H groups in total. The van der Waals surface area contributed by atoms with Crippen LogP contribution in [0.2, 0.25) is 0 Å². The van der Waals surface area contributed by atoms with Crippen LogP contribution in [0.15, 0.2) is 61.1 Å². The monoisotopic (exact) mass is 354 g/mol. The normalized spacial score (nSPS) is 10.5. The summed E-state index contributed by atoms with van der Waals surface area (Å²) < 4.78 is 6.91. The van der Waals surface area contributed by atoms with Crippen LogP contribution >= 0.6 is 0 Å². The number of aromatic nitrogens is 3. The van der Waals surface area contributed by atoms with Crippen LogP contribution in [0.5, 0.6) is 5.75 Å². The fraction of sp³-hybridized carbons (Fsp3) is 0.0476. The largest absolute Gasteiger partial charge is 0.428 e. The van der Waals surface area contributed by atoms with Crippen LogP contribution in [0.25, 0.3) is 28.2 Å². The molecule has 4 aromatic rings. The van der Waals surface area contributed by atoms with Crippen molar-refractivity contribution in [2.45, 2.75) is 6.92 Å². The van der Waals surface area contributed by atoms with Crippen molar-refractivity contribution in [2.24, 2.45) is 0 Å². The summed E-state index contributed by atoms with van der Waals surface area (Å²) in [4.78, 5) is 19.4. The fourth-order valence-corrected chi connectivity index (χ4v) is 2.96. The molecule has 130 valence electrons. The molecule has 0 spiro atoms. The Morgan fingerprint density at radius 2 is 1.85 bits per heavy atom. The molecule has 0 aliphatic rings. The van der Waals surface area contributed by atoms with Crippen molar-refractivity contribution in [3.05, 3.63) is 72.2 Å². The van der Waals surface area contributed by atoms with Crippen LogP contribution in [-0.4, -0.2) is 20.8 Å². The lowest BCUT2D eigenvalue weighted by Crippen LogP contribution is -1.95. The lowest BCUT2D eigenvalue weighted by Gasteiger charge is -2.08. The number of imidazole rings is 1. The quantitative estimate of drug-likeness (QED) is 0.521. The van der Waals surface area contributed by atoms with Gasteiger partial charge in [-0.15, -0.1) is 0 Å². The maximum Gasteiger partial charge on any atom is 0.298 e. The number of ether oxygens (including phenoxy) is 1. The zero-order valence-electron chi connectivity index (χ0n) is 14.5. The van der Waals surface area contributed by atoms with Crippen molar-refractivity contribution in [3.8, 4) is 34.3 Å². The number of carbonyl (C=O) groups is 1. The molecular formula is C21H14N4O2. The van der Waals surface area contributed by atoms with E-state index in [1.165, 1.54) is 0 Å². The van der Waals surface area contributed by atoms with E-state index in [-0.39, 0.29) is 0 Å². The molecule has 0 bridgehead atoms. The van der Waals surface area contributed by atoms with E-state index < -0.39 is 0 Å². The van der Waals surface area contributed by atoms with Crippen LogP contribution in [0, 0.1) is 18.3 Å². The van der Waals surface area contributed by atoms with Gasteiger partial charge in [0.1, 0.15) is 5.75 Å². The number of aryl methyl sites for hydroxylation is 1.